The molecule has 0 unspecified atom stereocenters. The number of ketones is 2. The lowest BCUT2D eigenvalue weighted by Gasteiger charge is -2.37. The van der Waals surface area contributed by atoms with Crippen molar-refractivity contribution in [3.8, 4) is 5.75 Å². The molecule has 1 aliphatic carbocycles. The van der Waals surface area contributed by atoms with Gasteiger partial charge in [-0.25, -0.2) is 0 Å². The number of carbonyl (C=O) groups excluding carboxylic acids is 2. The summed E-state index contributed by atoms with van der Waals surface area (Å²) in [7, 11) is 0. The lowest BCUT2D eigenvalue weighted by molar-refractivity contribution is -0.138. The first kappa shape index (κ1) is 16.7. The van der Waals surface area contributed by atoms with Gasteiger partial charge in [-0.05, 0) is 33.3 Å². The van der Waals surface area contributed by atoms with E-state index in [0.29, 0.717) is 10.9 Å². The number of fused-ring (bicyclic) bond motifs is 4. The summed E-state index contributed by atoms with van der Waals surface area (Å²) in [5.74, 6) is -1.44. The van der Waals surface area contributed by atoms with Crippen molar-refractivity contribution in [3.05, 3.63) is 40.5 Å². The summed E-state index contributed by atoms with van der Waals surface area (Å²) in [6.07, 6.45) is 0.315. The van der Waals surface area contributed by atoms with Crippen molar-refractivity contribution in [2.24, 2.45) is 0 Å². The van der Waals surface area contributed by atoms with Gasteiger partial charge < -0.3 is 24.5 Å². The normalized spacial score (nSPS) is 27.9. The minimum Gasteiger partial charge on any atom is -0.507 e. The van der Waals surface area contributed by atoms with E-state index < -0.39 is 22.7 Å². The molecule has 0 bridgehead atoms. The van der Waals surface area contributed by atoms with Gasteiger partial charge in [0.1, 0.15) is 28.5 Å². The van der Waals surface area contributed by atoms with Gasteiger partial charge in [-0.15, -0.1) is 0 Å². The second kappa shape index (κ2) is 4.88. The number of aliphatic hydroxyl groups is 2. The predicted molar refractivity (Wildman–Crippen MR) is 89.8 cm³/mol. The van der Waals surface area contributed by atoms with Crippen LogP contribution in [0.4, 0.5) is 0 Å². The van der Waals surface area contributed by atoms with E-state index in [4.69, 9.17) is 9.15 Å². The average Bonchev–Trinajstić information content (AvgIpc) is 3.04. The number of carbonyl (C=O) groups is 2. The molecule has 2 heterocycles. The maximum atomic E-state index is 12.8. The van der Waals surface area contributed by atoms with Crippen LogP contribution >= 0.6 is 0 Å². The van der Waals surface area contributed by atoms with Crippen molar-refractivity contribution in [2.75, 3.05) is 0 Å². The van der Waals surface area contributed by atoms with E-state index in [-0.39, 0.29) is 47.0 Å². The molecule has 2 aromatic rings. The Labute approximate surface area is 148 Å². The number of aliphatic hydroxyl groups excluding tert-OH is 1. The van der Waals surface area contributed by atoms with Crippen LogP contribution in [0.15, 0.2) is 28.1 Å². The van der Waals surface area contributed by atoms with Crippen molar-refractivity contribution in [1.82, 2.24) is 0 Å². The van der Waals surface area contributed by atoms with Gasteiger partial charge in [-0.1, -0.05) is 0 Å². The van der Waals surface area contributed by atoms with Crippen LogP contribution in [-0.2, 0) is 20.7 Å². The highest BCUT2D eigenvalue weighted by atomic mass is 16.5. The smallest absolute Gasteiger partial charge is 0.248 e. The van der Waals surface area contributed by atoms with Crippen molar-refractivity contribution >= 4 is 22.5 Å². The first-order valence-corrected chi connectivity index (χ1v) is 8.26. The molecule has 0 saturated carbocycles. The van der Waals surface area contributed by atoms with Gasteiger partial charge in [0.05, 0.1) is 11.1 Å². The second-order valence-corrected chi connectivity index (χ2v) is 7.16. The largest absolute Gasteiger partial charge is 0.507 e. The Balaban J connectivity index is 2.09. The molecule has 4 rings (SSSR count). The number of benzene rings is 1. The third kappa shape index (κ3) is 1.92. The van der Waals surface area contributed by atoms with Gasteiger partial charge >= 0.3 is 0 Å². The maximum absolute atomic E-state index is 12.8. The Hall–Kier alpha value is -2.80. The van der Waals surface area contributed by atoms with E-state index in [1.165, 1.54) is 26.0 Å². The molecule has 0 saturated heterocycles. The van der Waals surface area contributed by atoms with Crippen molar-refractivity contribution < 1.29 is 34.1 Å². The number of ether oxygens (including phenoxy) is 1. The molecule has 2 atom stereocenters. The fourth-order valence-electron chi connectivity index (χ4n) is 3.89. The number of allylic oxidation sites excluding steroid dienone is 1. The second-order valence-electron chi connectivity index (χ2n) is 7.16. The number of furan rings is 1. The molecule has 7 nitrogen and oxygen atoms in total. The molecule has 3 N–H and O–H groups in total. The molecule has 0 radical (unpaired) electrons. The first-order chi connectivity index (χ1) is 12.1. The van der Waals surface area contributed by atoms with E-state index >= 15 is 0 Å². The van der Waals surface area contributed by atoms with Crippen LogP contribution in [0.5, 0.6) is 5.75 Å². The summed E-state index contributed by atoms with van der Waals surface area (Å²) in [5, 5.41) is 31.3. The predicted octanol–water partition coefficient (Wildman–Crippen LogP) is 2.93. The molecule has 1 aromatic carbocycles. The topological polar surface area (TPSA) is 117 Å². The summed E-state index contributed by atoms with van der Waals surface area (Å²) >= 11 is 0. The van der Waals surface area contributed by atoms with E-state index in [1.807, 2.05) is 0 Å². The lowest BCUT2D eigenvalue weighted by Crippen LogP contribution is -2.43. The zero-order chi connectivity index (χ0) is 19.0. The standard InChI is InChI=1S/C19H18O7/c1-8(20)10-6-11-13(7-12(10)21)25-17-14(11)19(5-4-18(17,3)24)16(23)15(22)9(2)26-19/h6-7,21-22,24H,4-5H2,1-3H3/t18-,19+/m0/s1. The molecule has 2 aliphatic rings. The van der Waals surface area contributed by atoms with Gasteiger partial charge in [0, 0.05) is 17.9 Å². The number of phenolic OH excluding ortho intramolecular Hbond substituents is 1. The average molecular weight is 358 g/mol. The van der Waals surface area contributed by atoms with Crippen LogP contribution in [0.1, 0.15) is 55.3 Å². The SMILES string of the molecule is CC(=O)c1cc2c3c(oc2cc1O)[C@@](C)(O)CC[C@@]31OC(C)=C(O)C1=O. The molecule has 0 fully saturated rings. The molecule has 7 heteroatoms. The fraction of sp³-hybridized carbons (Fsp3) is 0.368. The molecular weight excluding hydrogens is 340 g/mol. The van der Waals surface area contributed by atoms with Gasteiger partial charge in [-0.2, -0.15) is 0 Å². The Kier molecular flexibility index (Phi) is 3.13. The quantitative estimate of drug-likeness (QED) is 0.671. The van der Waals surface area contributed by atoms with Gasteiger partial charge in [0.25, 0.3) is 0 Å². The van der Waals surface area contributed by atoms with Crippen molar-refractivity contribution in [3.63, 3.8) is 0 Å². The lowest BCUT2D eigenvalue weighted by atomic mass is 9.73. The Morgan fingerprint density at radius 2 is 1.92 bits per heavy atom. The van der Waals surface area contributed by atoms with E-state index in [0.717, 1.165) is 0 Å². The third-order valence-corrected chi connectivity index (χ3v) is 5.29. The summed E-state index contributed by atoms with van der Waals surface area (Å²) in [6, 6.07) is 2.72. The number of aromatic hydroxyl groups is 1. The maximum Gasteiger partial charge on any atom is 0.248 e. The van der Waals surface area contributed by atoms with Crippen LogP contribution in [0, 0.1) is 0 Å². The van der Waals surface area contributed by atoms with Crippen molar-refractivity contribution in [1.29, 1.82) is 0 Å². The van der Waals surface area contributed by atoms with Gasteiger partial charge in [0.2, 0.25) is 17.1 Å². The monoisotopic (exact) mass is 358 g/mol. The zero-order valence-electron chi connectivity index (χ0n) is 14.5. The summed E-state index contributed by atoms with van der Waals surface area (Å²) < 4.78 is 11.6. The van der Waals surface area contributed by atoms with Crippen LogP contribution in [0.3, 0.4) is 0 Å². The molecule has 1 aliphatic heterocycles. The molecule has 0 amide bonds. The molecule has 26 heavy (non-hydrogen) atoms. The highest BCUT2D eigenvalue weighted by molar-refractivity contribution is 6.07. The molecular formula is C19H18O7. The Morgan fingerprint density at radius 3 is 2.50 bits per heavy atom. The summed E-state index contributed by atoms with van der Waals surface area (Å²) in [4.78, 5) is 24.6. The fourth-order valence-corrected chi connectivity index (χ4v) is 3.89. The van der Waals surface area contributed by atoms with Crippen LogP contribution < -0.4 is 0 Å². The number of hydrogen-bond donors (Lipinski definition) is 3. The summed E-state index contributed by atoms with van der Waals surface area (Å²) in [5.41, 5.74) is -2.29. The Morgan fingerprint density at radius 1 is 1.23 bits per heavy atom. The number of hydrogen-bond acceptors (Lipinski definition) is 7. The zero-order valence-corrected chi connectivity index (χ0v) is 14.5. The van der Waals surface area contributed by atoms with Crippen LogP contribution in [0.2, 0.25) is 0 Å². The molecule has 136 valence electrons. The highest BCUT2D eigenvalue weighted by Gasteiger charge is 2.58. The van der Waals surface area contributed by atoms with E-state index in [9.17, 15) is 24.9 Å². The number of Topliss-reactive ketones (excluding diaryl/α,β-unsaturated/α-hetero) is 2. The molecule has 1 aromatic heterocycles. The van der Waals surface area contributed by atoms with Gasteiger partial charge in [-0.3, -0.25) is 9.59 Å². The summed E-state index contributed by atoms with van der Waals surface area (Å²) in [6.45, 7) is 4.37. The van der Waals surface area contributed by atoms with Crippen LogP contribution in [0.25, 0.3) is 11.0 Å². The van der Waals surface area contributed by atoms with Crippen molar-refractivity contribution in [2.45, 2.75) is 44.8 Å². The highest BCUT2D eigenvalue weighted by Crippen LogP contribution is 2.54. The van der Waals surface area contributed by atoms with Gasteiger partial charge in [0.15, 0.2) is 5.78 Å². The number of rotatable bonds is 1. The van der Waals surface area contributed by atoms with E-state index in [2.05, 4.69) is 0 Å². The molecule has 1 spiro atoms. The Bertz CT molecular complexity index is 1020. The van der Waals surface area contributed by atoms with E-state index in [1.54, 1.807) is 6.92 Å². The first-order valence-electron chi connectivity index (χ1n) is 8.26. The van der Waals surface area contributed by atoms with Crippen LogP contribution in [-0.4, -0.2) is 26.9 Å². The number of phenols is 1. The minimum atomic E-state index is -1.51. The minimum absolute atomic E-state index is 0.0702. The third-order valence-electron chi connectivity index (χ3n) is 5.29.